The Morgan fingerprint density at radius 2 is 1.61 bits per heavy atom. The van der Waals surface area contributed by atoms with Crippen molar-refractivity contribution in [2.75, 3.05) is 17.1 Å². The average molecular weight is 506 g/mol. The van der Waals surface area contributed by atoms with Gasteiger partial charge >= 0.3 is 0 Å². The van der Waals surface area contributed by atoms with Crippen LogP contribution in [0.4, 0.5) is 17.1 Å². The second-order valence-corrected chi connectivity index (χ2v) is 8.74. The zero-order chi connectivity index (χ0) is 22.6. The summed E-state index contributed by atoms with van der Waals surface area (Å²) < 4.78 is 33.5. The van der Waals surface area contributed by atoms with Crippen LogP contribution in [0.1, 0.15) is 10.4 Å². The van der Waals surface area contributed by atoms with Gasteiger partial charge in [-0.2, -0.15) is 0 Å². The summed E-state index contributed by atoms with van der Waals surface area (Å²) in [6.45, 7) is 0. The normalized spacial score (nSPS) is 10.9. The number of ether oxygens (including phenoxy) is 1. The second kappa shape index (κ2) is 9.14. The molecule has 2 N–H and O–H groups in total. The molecule has 0 aromatic heterocycles. The zero-order valence-electron chi connectivity index (χ0n) is 16.0. The first-order chi connectivity index (χ1) is 14.7. The number of amides is 1. The first-order valence-electron chi connectivity index (χ1n) is 8.72. The maximum Gasteiger partial charge on any atom is 0.269 e. The summed E-state index contributed by atoms with van der Waals surface area (Å²) in [5.41, 5.74) is 0.643. The van der Waals surface area contributed by atoms with E-state index >= 15 is 0 Å². The molecule has 0 radical (unpaired) electrons. The van der Waals surface area contributed by atoms with Gasteiger partial charge in [0.25, 0.3) is 21.6 Å². The quantitative estimate of drug-likeness (QED) is 0.361. The molecule has 0 aliphatic heterocycles. The molecule has 1 amide bonds. The average Bonchev–Trinajstić information content (AvgIpc) is 2.74. The highest BCUT2D eigenvalue weighted by Crippen LogP contribution is 2.27. The SMILES string of the molecule is COc1ccc(NS(=O)(=O)c2cc(C(=O)Nc3ccc([N+](=O)[O-])cc3)ccc2Br)cc1. The van der Waals surface area contributed by atoms with Gasteiger partial charge in [0, 0.05) is 33.5 Å². The summed E-state index contributed by atoms with van der Waals surface area (Å²) in [7, 11) is -2.50. The third kappa shape index (κ3) is 5.38. The van der Waals surface area contributed by atoms with Gasteiger partial charge in [-0.25, -0.2) is 8.42 Å². The molecule has 31 heavy (non-hydrogen) atoms. The molecular weight excluding hydrogens is 490 g/mol. The highest BCUT2D eigenvalue weighted by atomic mass is 79.9. The molecule has 9 nitrogen and oxygen atoms in total. The van der Waals surface area contributed by atoms with Gasteiger partial charge in [0.15, 0.2) is 0 Å². The number of nitrogens with zero attached hydrogens (tertiary/aromatic N) is 1. The number of sulfonamides is 1. The van der Waals surface area contributed by atoms with Crippen LogP contribution in [-0.4, -0.2) is 26.4 Å². The Labute approximate surface area is 186 Å². The fourth-order valence-corrected chi connectivity index (χ4v) is 4.64. The summed E-state index contributed by atoms with van der Waals surface area (Å²) in [5.74, 6) is 0.0105. The van der Waals surface area contributed by atoms with Crippen LogP contribution >= 0.6 is 15.9 Å². The number of rotatable bonds is 7. The molecule has 160 valence electrons. The molecule has 0 saturated heterocycles. The monoisotopic (exact) mass is 505 g/mol. The minimum absolute atomic E-state index is 0.0941. The summed E-state index contributed by atoms with van der Waals surface area (Å²) in [6, 6.07) is 15.8. The van der Waals surface area contributed by atoms with Crippen LogP contribution in [0.25, 0.3) is 0 Å². The van der Waals surface area contributed by atoms with Crippen LogP contribution in [0.3, 0.4) is 0 Å². The van der Waals surface area contributed by atoms with E-state index in [0.29, 0.717) is 17.1 Å². The highest BCUT2D eigenvalue weighted by Gasteiger charge is 2.20. The minimum atomic E-state index is -4.00. The topological polar surface area (TPSA) is 128 Å². The Kier molecular flexibility index (Phi) is 6.56. The van der Waals surface area contributed by atoms with Gasteiger partial charge in [-0.1, -0.05) is 0 Å². The molecule has 11 heteroatoms. The van der Waals surface area contributed by atoms with Crippen LogP contribution in [0.2, 0.25) is 0 Å². The van der Waals surface area contributed by atoms with Gasteiger partial charge in [0.2, 0.25) is 0 Å². The largest absolute Gasteiger partial charge is 0.497 e. The van der Waals surface area contributed by atoms with Crippen LogP contribution in [0.5, 0.6) is 5.75 Å². The lowest BCUT2D eigenvalue weighted by Crippen LogP contribution is -2.16. The lowest BCUT2D eigenvalue weighted by atomic mass is 10.2. The molecule has 0 aliphatic rings. The number of hydrogen-bond acceptors (Lipinski definition) is 6. The van der Waals surface area contributed by atoms with Crippen LogP contribution in [-0.2, 0) is 10.0 Å². The van der Waals surface area contributed by atoms with Crippen molar-refractivity contribution in [2.24, 2.45) is 0 Å². The van der Waals surface area contributed by atoms with Crippen molar-refractivity contribution in [1.29, 1.82) is 0 Å². The second-order valence-electron chi connectivity index (χ2n) is 6.24. The van der Waals surface area contributed by atoms with Gasteiger partial charge in [0.05, 0.1) is 12.0 Å². The van der Waals surface area contributed by atoms with Gasteiger partial charge in [-0.15, -0.1) is 0 Å². The highest BCUT2D eigenvalue weighted by molar-refractivity contribution is 9.10. The first-order valence-corrected chi connectivity index (χ1v) is 11.0. The molecule has 0 fully saturated rings. The van der Waals surface area contributed by atoms with E-state index in [1.54, 1.807) is 24.3 Å². The van der Waals surface area contributed by atoms with Crippen molar-refractivity contribution in [2.45, 2.75) is 4.90 Å². The van der Waals surface area contributed by atoms with E-state index in [1.165, 1.54) is 49.6 Å². The van der Waals surface area contributed by atoms with E-state index in [1.807, 2.05) is 0 Å². The molecule has 0 aliphatic carbocycles. The maximum absolute atomic E-state index is 12.8. The zero-order valence-corrected chi connectivity index (χ0v) is 18.4. The predicted octanol–water partition coefficient (Wildman–Crippen LogP) is 4.42. The van der Waals surface area contributed by atoms with Crippen molar-refractivity contribution >= 4 is 48.9 Å². The van der Waals surface area contributed by atoms with Crippen LogP contribution in [0, 0.1) is 10.1 Å². The van der Waals surface area contributed by atoms with Crippen molar-refractivity contribution in [3.8, 4) is 5.75 Å². The number of halogens is 1. The molecule has 0 unspecified atom stereocenters. The van der Waals surface area contributed by atoms with E-state index in [0.717, 1.165) is 0 Å². The van der Waals surface area contributed by atoms with Crippen molar-refractivity contribution in [3.05, 3.63) is 86.9 Å². The minimum Gasteiger partial charge on any atom is -0.497 e. The summed E-state index contributed by atoms with van der Waals surface area (Å²) in [6.07, 6.45) is 0. The van der Waals surface area contributed by atoms with Crippen molar-refractivity contribution in [3.63, 3.8) is 0 Å². The molecule has 0 saturated carbocycles. The number of nitro benzene ring substituents is 1. The van der Waals surface area contributed by atoms with Gasteiger partial charge in [-0.3, -0.25) is 19.6 Å². The third-order valence-corrected chi connectivity index (χ3v) is 6.54. The van der Waals surface area contributed by atoms with E-state index in [4.69, 9.17) is 4.74 Å². The fraction of sp³-hybridized carbons (Fsp3) is 0.0500. The van der Waals surface area contributed by atoms with E-state index in [-0.39, 0.29) is 20.6 Å². The van der Waals surface area contributed by atoms with Gasteiger partial charge in [0.1, 0.15) is 10.6 Å². The number of carbonyl (C=O) groups excluding carboxylic acids is 1. The molecule has 0 atom stereocenters. The Morgan fingerprint density at radius 1 is 1.00 bits per heavy atom. The number of benzene rings is 3. The molecular formula is C20H16BrN3O6S. The number of nitro groups is 1. The number of hydrogen-bond donors (Lipinski definition) is 2. The number of non-ortho nitro benzene ring substituents is 1. The Balaban J connectivity index is 1.82. The van der Waals surface area contributed by atoms with E-state index in [2.05, 4.69) is 26.0 Å². The Morgan fingerprint density at radius 3 is 2.19 bits per heavy atom. The number of nitrogens with one attached hydrogen (secondary N) is 2. The summed E-state index contributed by atoms with van der Waals surface area (Å²) in [4.78, 5) is 22.6. The fourth-order valence-electron chi connectivity index (χ4n) is 2.59. The molecule has 0 bridgehead atoms. The molecule has 0 spiro atoms. The number of anilines is 2. The Bertz CT molecular complexity index is 1230. The number of carbonyl (C=O) groups is 1. The van der Waals surface area contributed by atoms with Gasteiger partial charge < -0.3 is 10.1 Å². The maximum atomic E-state index is 12.8. The van der Waals surface area contributed by atoms with Crippen molar-refractivity contribution in [1.82, 2.24) is 0 Å². The molecule has 3 aromatic carbocycles. The number of methoxy groups -OCH3 is 1. The molecule has 3 rings (SSSR count). The molecule has 3 aromatic rings. The predicted molar refractivity (Wildman–Crippen MR) is 119 cm³/mol. The summed E-state index contributed by atoms with van der Waals surface area (Å²) in [5, 5.41) is 13.3. The van der Waals surface area contributed by atoms with Gasteiger partial charge in [-0.05, 0) is 70.5 Å². The summed E-state index contributed by atoms with van der Waals surface area (Å²) >= 11 is 3.21. The standard InChI is InChI=1S/C20H16BrN3O6S/c1-30-17-9-5-15(6-10-17)23-31(28,29)19-12-13(2-11-18(19)21)20(25)22-14-3-7-16(8-4-14)24(26)27/h2-12,23H,1H3,(H,22,25). The molecule has 0 heterocycles. The smallest absolute Gasteiger partial charge is 0.269 e. The van der Waals surface area contributed by atoms with Crippen LogP contribution < -0.4 is 14.8 Å². The van der Waals surface area contributed by atoms with E-state index in [9.17, 15) is 23.3 Å². The van der Waals surface area contributed by atoms with E-state index < -0.39 is 20.9 Å². The van der Waals surface area contributed by atoms with Crippen molar-refractivity contribution < 1.29 is 22.9 Å². The lowest BCUT2D eigenvalue weighted by Gasteiger charge is -2.12. The van der Waals surface area contributed by atoms with Crippen LogP contribution in [0.15, 0.2) is 76.1 Å². The third-order valence-electron chi connectivity index (χ3n) is 4.16. The lowest BCUT2D eigenvalue weighted by molar-refractivity contribution is -0.384. The Hall–Kier alpha value is -3.44. The first kappa shape index (κ1) is 22.2.